The van der Waals surface area contributed by atoms with Crippen LogP contribution in [0.4, 0.5) is 0 Å². The van der Waals surface area contributed by atoms with Crippen LogP contribution in [0.1, 0.15) is 22.9 Å². The van der Waals surface area contributed by atoms with Crippen LogP contribution in [0.2, 0.25) is 0 Å². The average Bonchev–Trinajstić information content (AvgIpc) is 2.54. The number of hydrogen-bond acceptors (Lipinski definition) is 5. The number of benzene rings is 1. The summed E-state index contributed by atoms with van der Waals surface area (Å²) in [5.41, 5.74) is 2.34. The van der Waals surface area contributed by atoms with Crippen molar-refractivity contribution in [3.8, 4) is 0 Å². The molecule has 120 valence electrons. The zero-order valence-corrected chi connectivity index (χ0v) is 13.6. The zero-order valence-electron chi connectivity index (χ0n) is 12.8. The average molecular weight is 323 g/mol. The third-order valence-corrected chi connectivity index (χ3v) is 6.22. The first-order valence-corrected chi connectivity index (χ1v) is 8.79. The zero-order chi connectivity index (χ0) is 15.7. The SMILES string of the molecule is COC1NC=Cc2c1ccc(C)c2S(=O)(=O)N1CCNCC1. The van der Waals surface area contributed by atoms with E-state index in [1.807, 2.05) is 25.1 Å². The molecule has 22 heavy (non-hydrogen) atoms. The molecule has 6 nitrogen and oxygen atoms in total. The fourth-order valence-corrected chi connectivity index (χ4v) is 4.84. The van der Waals surface area contributed by atoms with Crippen molar-refractivity contribution in [1.82, 2.24) is 14.9 Å². The highest BCUT2D eigenvalue weighted by atomic mass is 32.2. The molecule has 1 unspecified atom stereocenters. The molecule has 2 heterocycles. The second-order valence-electron chi connectivity index (χ2n) is 5.48. The van der Waals surface area contributed by atoms with E-state index < -0.39 is 10.0 Å². The molecule has 1 aromatic carbocycles. The molecule has 3 rings (SSSR count). The number of hydrogen-bond donors (Lipinski definition) is 2. The van der Waals surface area contributed by atoms with Crippen LogP contribution in [0.15, 0.2) is 23.2 Å². The van der Waals surface area contributed by atoms with E-state index in [4.69, 9.17) is 4.74 Å². The Morgan fingerprint density at radius 2 is 2.00 bits per heavy atom. The quantitative estimate of drug-likeness (QED) is 0.861. The first-order valence-electron chi connectivity index (χ1n) is 7.35. The molecule has 0 spiro atoms. The van der Waals surface area contributed by atoms with E-state index in [1.165, 1.54) is 0 Å². The van der Waals surface area contributed by atoms with Crippen LogP contribution in [0, 0.1) is 6.92 Å². The molecule has 1 saturated heterocycles. The molecular weight excluding hydrogens is 302 g/mol. The van der Waals surface area contributed by atoms with E-state index in [1.54, 1.807) is 17.6 Å². The minimum absolute atomic E-state index is 0.322. The number of nitrogens with one attached hydrogen (secondary N) is 2. The Morgan fingerprint density at radius 1 is 1.27 bits per heavy atom. The topological polar surface area (TPSA) is 70.7 Å². The van der Waals surface area contributed by atoms with Gasteiger partial charge in [-0.05, 0) is 24.8 Å². The number of piperazine rings is 1. The highest BCUT2D eigenvalue weighted by molar-refractivity contribution is 7.89. The van der Waals surface area contributed by atoms with Gasteiger partial charge in [-0.15, -0.1) is 0 Å². The Balaban J connectivity index is 2.13. The second-order valence-corrected chi connectivity index (χ2v) is 7.36. The predicted octanol–water partition coefficient (Wildman–Crippen LogP) is 0.808. The van der Waals surface area contributed by atoms with Crippen molar-refractivity contribution in [2.75, 3.05) is 33.3 Å². The molecule has 2 aliphatic heterocycles. The van der Waals surface area contributed by atoms with Gasteiger partial charge in [0.25, 0.3) is 0 Å². The van der Waals surface area contributed by atoms with Gasteiger partial charge in [-0.3, -0.25) is 0 Å². The van der Waals surface area contributed by atoms with E-state index in [0.717, 1.165) is 16.7 Å². The fourth-order valence-electron chi connectivity index (χ4n) is 2.98. The number of ether oxygens (including phenoxy) is 1. The lowest BCUT2D eigenvalue weighted by Crippen LogP contribution is -2.46. The van der Waals surface area contributed by atoms with Gasteiger partial charge in [0.1, 0.15) is 0 Å². The molecule has 0 aliphatic carbocycles. The predicted molar refractivity (Wildman–Crippen MR) is 84.7 cm³/mol. The highest BCUT2D eigenvalue weighted by Crippen LogP contribution is 2.33. The van der Waals surface area contributed by atoms with E-state index in [2.05, 4.69) is 10.6 Å². The Bertz CT molecular complexity index is 694. The van der Waals surface area contributed by atoms with Crippen LogP contribution in [0.25, 0.3) is 6.08 Å². The van der Waals surface area contributed by atoms with Crippen molar-refractivity contribution in [1.29, 1.82) is 0 Å². The first-order chi connectivity index (χ1) is 10.6. The first kappa shape index (κ1) is 15.5. The number of methoxy groups -OCH3 is 1. The summed E-state index contributed by atoms with van der Waals surface area (Å²) in [6.07, 6.45) is 3.23. The lowest BCUT2D eigenvalue weighted by Gasteiger charge is -2.30. The molecule has 1 aromatic rings. The van der Waals surface area contributed by atoms with Gasteiger partial charge in [-0.1, -0.05) is 12.1 Å². The summed E-state index contributed by atoms with van der Waals surface area (Å²) in [6.45, 7) is 4.21. The van der Waals surface area contributed by atoms with Crippen LogP contribution in [-0.4, -0.2) is 46.0 Å². The molecule has 0 amide bonds. The summed E-state index contributed by atoms with van der Waals surface area (Å²) in [5.74, 6) is 0. The molecule has 2 N–H and O–H groups in total. The summed E-state index contributed by atoms with van der Waals surface area (Å²) in [6, 6.07) is 3.77. The van der Waals surface area contributed by atoms with Crippen LogP contribution in [0.3, 0.4) is 0 Å². The van der Waals surface area contributed by atoms with Crippen molar-refractivity contribution < 1.29 is 13.2 Å². The number of aryl methyl sites for hydroxylation is 1. The summed E-state index contributed by atoms with van der Waals surface area (Å²) in [7, 11) is -1.90. The van der Waals surface area contributed by atoms with Crippen LogP contribution < -0.4 is 10.6 Å². The molecule has 1 atom stereocenters. The third kappa shape index (κ3) is 2.54. The van der Waals surface area contributed by atoms with Crippen LogP contribution in [0.5, 0.6) is 0 Å². The maximum Gasteiger partial charge on any atom is 0.244 e. The molecule has 1 fully saturated rings. The molecule has 7 heteroatoms. The number of rotatable bonds is 3. The van der Waals surface area contributed by atoms with Crippen LogP contribution in [-0.2, 0) is 14.8 Å². The normalized spacial score (nSPS) is 22.2. The monoisotopic (exact) mass is 323 g/mol. The number of nitrogens with zero attached hydrogens (tertiary/aromatic N) is 1. The maximum atomic E-state index is 13.1. The third-order valence-electron chi connectivity index (χ3n) is 4.12. The minimum Gasteiger partial charge on any atom is -0.362 e. The fraction of sp³-hybridized carbons (Fsp3) is 0.467. The Morgan fingerprint density at radius 3 is 2.68 bits per heavy atom. The minimum atomic E-state index is -3.51. The standard InChI is InChI=1S/C15H21N3O3S/c1-11-3-4-13-12(5-6-17-15(13)21-2)14(11)22(19,20)18-9-7-16-8-10-18/h3-6,15-17H,7-10H2,1-2H3. The summed E-state index contributed by atoms with van der Waals surface area (Å²) in [4.78, 5) is 0.395. The van der Waals surface area contributed by atoms with Gasteiger partial charge in [0.15, 0.2) is 6.23 Å². The van der Waals surface area contributed by atoms with Gasteiger partial charge in [0.05, 0.1) is 4.90 Å². The van der Waals surface area contributed by atoms with Gasteiger partial charge in [0, 0.05) is 44.4 Å². The van der Waals surface area contributed by atoms with Gasteiger partial charge >= 0.3 is 0 Å². The molecular formula is C15H21N3O3S. The van der Waals surface area contributed by atoms with Gasteiger partial charge < -0.3 is 15.4 Å². The highest BCUT2D eigenvalue weighted by Gasteiger charge is 2.32. The van der Waals surface area contributed by atoms with E-state index in [9.17, 15) is 8.42 Å². The van der Waals surface area contributed by atoms with Crippen molar-refractivity contribution in [2.24, 2.45) is 0 Å². The molecule has 0 radical (unpaired) electrons. The maximum absolute atomic E-state index is 13.1. The Kier molecular flexibility index (Phi) is 4.22. The summed E-state index contributed by atoms with van der Waals surface area (Å²) >= 11 is 0. The van der Waals surface area contributed by atoms with Gasteiger partial charge in [0.2, 0.25) is 10.0 Å². The smallest absolute Gasteiger partial charge is 0.244 e. The van der Waals surface area contributed by atoms with Crippen molar-refractivity contribution >= 4 is 16.1 Å². The summed E-state index contributed by atoms with van der Waals surface area (Å²) in [5, 5.41) is 6.26. The molecule has 2 aliphatic rings. The largest absolute Gasteiger partial charge is 0.362 e. The van der Waals surface area contributed by atoms with Gasteiger partial charge in [-0.2, -0.15) is 4.31 Å². The van der Waals surface area contributed by atoms with Crippen LogP contribution >= 0.6 is 0 Å². The van der Waals surface area contributed by atoms with E-state index in [0.29, 0.717) is 31.1 Å². The lowest BCUT2D eigenvalue weighted by atomic mass is 10.0. The van der Waals surface area contributed by atoms with Crippen molar-refractivity contribution in [3.05, 3.63) is 35.0 Å². The molecule has 0 bridgehead atoms. The van der Waals surface area contributed by atoms with Crippen molar-refractivity contribution in [2.45, 2.75) is 18.0 Å². The van der Waals surface area contributed by atoms with Crippen molar-refractivity contribution in [3.63, 3.8) is 0 Å². The molecule has 0 aromatic heterocycles. The number of sulfonamides is 1. The molecule has 0 saturated carbocycles. The van der Waals surface area contributed by atoms with Gasteiger partial charge in [-0.25, -0.2) is 8.42 Å². The Labute approximate surface area is 131 Å². The summed E-state index contributed by atoms with van der Waals surface area (Å²) < 4.78 is 33.1. The lowest BCUT2D eigenvalue weighted by molar-refractivity contribution is 0.0846. The van der Waals surface area contributed by atoms with E-state index in [-0.39, 0.29) is 6.23 Å². The second kappa shape index (κ2) is 6.00. The van der Waals surface area contributed by atoms with E-state index >= 15 is 0 Å². The Hall–Kier alpha value is -1.41. The number of fused-ring (bicyclic) bond motifs is 1.